The molecule has 0 aliphatic rings. The van der Waals surface area contributed by atoms with Crippen LogP contribution in [0.15, 0.2) is 58.6 Å². The lowest BCUT2D eigenvalue weighted by molar-refractivity contribution is 0.230. The average molecular weight is 443 g/mol. The fourth-order valence-corrected chi connectivity index (χ4v) is 2.88. The Hall–Kier alpha value is -3.52. The Bertz CT molecular complexity index is 1130. The highest BCUT2D eigenvalue weighted by Gasteiger charge is 2.11. The van der Waals surface area contributed by atoms with Gasteiger partial charge in [-0.1, -0.05) is 11.6 Å². The normalized spacial score (nSPS) is 11.0. The van der Waals surface area contributed by atoms with Gasteiger partial charge in [-0.05, 0) is 61.9 Å². The molecule has 0 amide bonds. The fraction of sp³-hybridized carbons (Fsp3) is 0.227. The van der Waals surface area contributed by atoms with E-state index in [0.29, 0.717) is 28.6 Å². The summed E-state index contributed by atoms with van der Waals surface area (Å²) in [7, 11) is 3.14. The van der Waals surface area contributed by atoms with Crippen molar-refractivity contribution in [2.45, 2.75) is 20.0 Å². The van der Waals surface area contributed by atoms with E-state index in [-0.39, 0.29) is 11.1 Å². The van der Waals surface area contributed by atoms with Crippen LogP contribution in [-0.4, -0.2) is 36.3 Å². The Balaban J connectivity index is 1.76. The highest BCUT2D eigenvalue weighted by molar-refractivity contribution is 6.32. The third kappa shape index (κ3) is 5.35. The molecule has 0 spiro atoms. The van der Waals surface area contributed by atoms with Crippen LogP contribution in [0.25, 0.3) is 5.69 Å². The lowest BCUT2D eigenvalue weighted by Gasteiger charge is -2.13. The third-order valence-corrected chi connectivity index (χ3v) is 4.55. The number of methoxy groups -OCH3 is 2. The first-order valence-corrected chi connectivity index (χ1v) is 9.86. The molecule has 0 saturated heterocycles. The zero-order valence-corrected chi connectivity index (χ0v) is 18.4. The molecule has 162 valence electrons. The maximum atomic E-state index is 12.6. The minimum atomic E-state index is -0.469. The van der Waals surface area contributed by atoms with Crippen LogP contribution in [0, 0.1) is 0 Å². The molecule has 3 rings (SSSR count). The fourth-order valence-electron chi connectivity index (χ4n) is 2.71. The standard InChI is InChI=1S/C22H23ClN4O4/c1-14(2)31-19-10-5-15(11-20(19)30-4)12-24-26-18-13-25-27(22(28)21(18)23)16-6-8-17(29-3)9-7-16/h5-14,26H,1-4H3/b24-12-. The molecule has 1 N–H and O–H groups in total. The zero-order valence-electron chi connectivity index (χ0n) is 17.6. The van der Waals surface area contributed by atoms with Crippen LogP contribution in [0.5, 0.6) is 17.2 Å². The molecule has 0 radical (unpaired) electrons. The Morgan fingerprint density at radius 1 is 1.10 bits per heavy atom. The summed E-state index contributed by atoms with van der Waals surface area (Å²) >= 11 is 6.23. The maximum absolute atomic E-state index is 12.6. The summed E-state index contributed by atoms with van der Waals surface area (Å²) in [6.45, 7) is 3.89. The Labute approximate surface area is 185 Å². The number of rotatable bonds is 8. The number of anilines is 1. The molecule has 8 nitrogen and oxygen atoms in total. The van der Waals surface area contributed by atoms with Gasteiger partial charge in [-0.25, -0.2) is 0 Å². The van der Waals surface area contributed by atoms with Crippen molar-refractivity contribution in [3.8, 4) is 22.9 Å². The first kappa shape index (κ1) is 22.2. The number of ether oxygens (including phenoxy) is 3. The number of nitrogens with zero attached hydrogens (tertiary/aromatic N) is 3. The van der Waals surface area contributed by atoms with Gasteiger partial charge in [0.25, 0.3) is 5.56 Å². The molecule has 3 aromatic rings. The molecule has 0 aliphatic heterocycles. The Morgan fingerprint density at radius 3 is 2.48 bits per heavy atom. The number of hydrogen-bond acceptors (Lipinski definition) is 7. The summed E-state index contributed by atoms with van der Waals surface area (Å²) in [5.74, 6) is 1.92. The van der Waals surface area contributed by atoms with E-state index in [0.717, 1.165) is 5.56 Å². The van der Waals surface area contributed by atoms with E-state index >= 15 is 0 Å². The lowest BCUT2D eigenvalue weighted by Crippen LogP contribution is -2.22. The summed E-state index contributed by atoms with van der Waals surface area (Å²) in [5.41, 5.74) is 3.92. The van der Waals surface area contributed by atoms with E-state index < -0.39 is 5.56 Å². The van der Waals surface area contributed by atoms with Crippen LogP contribution in [0.3, 0.4) is 0 Å². The molecule has 1 aromatic heterocycles. The summed E-state index contributed by atoms with van der Waals surface area (Å²) in [4.78, 5) is 12.6. The summed E-state index contributed by atoms with van der Waals surface area (Å²) < 4.78 is 17.4. The number of aromatic nitrogens is 2. The van der Waals surface area contributed by atoms with Crippen LogP contribution in [0.2, 0.25) is 5.02 Å². The number of hydrazone groups is 1. The van der Waals surface area contributed by atoms with Crippen LogP contribution >= 0.6 is 11.6 Å². The molecule has 0 atom stereocenters. The van der Waals surface area contributed by atoms with Crippen LogP contribution in [0.1, 0.15) is 19.4 Å². The van der Waals surface area contributed by atoms with Gasteiger partial charge in [0.2, 0.25) is 0 Å². The average Bonchev–Trinajstić information content (AvgIpc) is 2.77. The van der Waals surface area contributed by atoms with Gasteiger partial charge >= 0.3 is 0 Å². The first-order chi connectivity index (χ1) is 14.9. The minimum Gasteiger partial charge on any atom is -0.497 e. The third-order valence-electron chi connectivity index (χ3n) is 4.18. The molecule has 1 heterocycles. The van der Waals surface area contributed by atoms with E-state index in [1.165, 1.54) is 10.9 Å². The summed E-state index contributed by atoms with van der Waals surface area (Å²) in [5, 5.41) is 8.28. The number of hydrogen-bond donors (Lipinski definition) is 1. The van der Waals surface area contributed by atoms with E-state index in [1.54, 1.807) is 50.8 Å². The molecule has 0 aliphatic carbocycles. The summed E-state index contributed by atoms with van der Waals surface area (Å²) in [6, 6.07) is 12.4. The molecule has 0 bridgehead atoms. The molecule has 0 unspecified atom stereocenters. The van der Waals surface area contributed by atoms with Gasteiger partial charge < -0.3 is 14.2 Å². The van der Waals surface area contributed by atoms with Crippen LogP contribution in [-0.2, 0) is 0 Å². The van der Waals surface area contributed by atoms with Crippen molar-refractivity contribution < 1.29 is 14.2 Å². The van der Waals surface area contributed by atoms with Gasteiger partial charge in [-0.3, -0.25) is 10.2 Å². The molecular formula is C22H23ClN4O4. The van der Waals surface area contributed by atoms with Crippen molar-refractivity contribution in [3.63, 3.8) is 0 Å². The number of halogens is 1. The number of benzene rings is 2. The van der Waals surface area contributed by atoms with Crippen LogP contribution < -0.4 is 25.2 Å². The van der Waals surface area contributed by atoms with Crippen molar-refractivity contribution >= 4 is 23.5 Å². The minimum absolute atomic E-state index is 0.0266. The van der Waals surface area contributed by atoms with Crippen molar-refractivity contribution in [2.75, 3.05) is 19.6 Å². The van der Waals surface area contributed by atoms with E-state index in [1.807, 2.05) is 26.0 Å². The first-order valence-electron chi connectivity index (χ1n) is 9.49. The molecular weight excluding hydrogens is 420 g/mol. The van der Waals surface area contributed by atoms with Crippen molar-refractivity contribution in [1.29, 1.82) is 0 Å². The second-order valence-electron chi connectivity index (χ2n) is 6.73. The molecule has 9 heteroatoms. The highest BCUT2D eigenvalue weighted by atomic mass is 35.5. The Kier molecular flexibility index (Phi) is 7.15. The van der Waals surface area contributed by atoms with Gasteiger partial charge in [-0.15, -0.1) is 0 Å². The monoisotopic (exact) mass is 442 g/mol. The highest BCUT2D eigenvalue weighted by Crippen LogP contribution is 2.28. The smallest absolute Gasteiger partial charge is 0.292 e. The predicted octanol–water partition coefficient (Wildman–Crippen LogP) is 4.14. The largest absolute Gasteiger partial charge is 0.497 e. The molecule has 0 fully saturated rings. The second-order valence-corrected chi connectivity index (χ2v) is 7.11. The van der Waals surface area contributed by atoms with Gasteiger partial charge in [0.05, 0.1) is 38.4 Å². The summed E-state index contributed by atoms with van der Waals surface area (Å²) in [6.07, 6.45) is 3.04. The zero-order chi connectivity index (χ0) is 22.4. The number of nitrogens with one attached hydrogen (secondary N) is 1. The Morgan fingerprint density at radius 2 is 1.84 bits per heavy atom. The van der Waals surface area contributed by atoms with Crippen LogP contribution in [0.4, 0.5) is 5.69 Å². The van der Waals surface area contributed by atoms with E-state index in [9.17, 15) is 4.79 Å². The van der Waals surface area contributed by atoms with Crippen molar-refractivity contribution in [1.82, 2.24) is 9.78 Å². The SMILES string of the molecule is COc1ccc(-n2ncc(N/N=C\c3ccc(OC(C)C)c(OC)c3)c(Cl)c2=O)cc1. The topological polar surface area (TPSA) is 87.0 Å². The molecule has 2 aromatic carbocycles. The molecule has 31 heavy (non-hydrogen) atoms. The lowest BCUT2D eigenvalue weighted by atomic mass is 10.2. The van der Waals surface area contributed by atoms with E-state index in [4.69, 9.17) is 25.8 Å². The maximum Gasteiger partial charge on any atom is 0.292 e. The van der Waals surface area contributed by atoms with Gasteiger partial charge in [0.15, 0.2) is 11.5 Å². The molecule has 0 saturated carbocycles. The van der Waals surface area contributed by atoms with Gasteiger partial charge in [0.1, 0.15) is 16.5 Å². The van der Waals surface area contributed by atoms with Crippen molar-refractivity contribution in [2.24, 2.45) is 5.10 Å². The predicted molar refractivity (Wildman–Crippen MR) is 121 cm³/mol. The van der Waals surface area contributed by atoms with Gasteiger partial charge in [0, 0.05) is 0 Å². The van der Waals surface area contributed by atoms with E-state index in [2.05, 4.69) is 15.6 Å². The quantitative estimate of drug-likeness (QED) is 0.417. The van der Waals surface area contributed by atoms with Crippen molar-refractivity contribution in [3.05, 3.63) is 69.6 Å². The van der Waals surface area contributed by atoms with Gasteiger partial charge in [-0.2, -0.15) is 14.9 Å². The second kappa shape index (κ2) is 9.99.